The fraction of sp³-hybridized carbons (Fsp3) is 0.538. The number of rotatable bonds is 3. The van der Waals surface area contributed by atoms with Crippen LogP contribution >= 0.6 is 0 Å². The van der Waals surface area contributed by atoms with Gasteiger partial charge in [-0.2, -0.15) is 0 Å². The van der Waals surface area contributed by atoms with Crippen LogP contribution in [0, 0.1) is 0 Å². The molecule has 1 aromatic carbocycles. The highest BCUT2D eigenvalue weighted by molar-refractivity contribution is 5.55. The van der Waals surface area contributed by atoms with Crippen LogP contribution in [-0.4, -0.2) is 31.4 Å². The Balaban J connectivity index is 2.20. The van der Waals surface area contributed by atoms with Crippen LogP contribution in [0.5, 0.6) is 0 Å². The van der Waals surface area contributed by atoms with E-state index >= 15 is 0 Å². The number of benzene rings is 1. The first-order valence-electron chi connectivity index (χ1n) is 5.77. The maximum Gasteiger partial charge on any atom is 0.0781 e. The number of methoxy groups -OCH3 is 1. The molecule has 0 radical (unpaired) electrons. The van der Waals surface area contributed by atoms with E-state index in [1.54, 1.807) is 7.11 Å². The van der Waals surface area contributed by atoms with Crippen molar-refractivity contribution in [3.8, 4) is 0 Å². The Morgan fingerprint density at radius 3 is 2.81 bits per heavy atom. The highest BCUT2D eigenvalue weighted by atomic mass is 16.5. The maximum absolute atomic E-state index is 9.73. The van der Waals surface area contributed by atoms with Crippen LogP contribution in [0.4, 0.5) is 5.69 Å². The van der Waals surface area contributed by atoms with E-state index in [-0.39, 0.29) is 0 Å². The van der Waals surface area contributed by atoms with Crippen LogP contribution < -0.4 is 4.90 Å². The summed E-state index contributed by atoms with van der Waals surface area (Å²) in [6, 6.07) is 8.04. The van der Waals surface area contributed by atoms with Gasteiger partial charge in [-0.15, -0.1) is 0 Å². The number of ether oxygens (including phenoxy) is 1. The molecule has 88 valence electrons. The van der Waals surface area contributed by atoms with Crippen molar-refractivity contribution in [2.75, 3.05) is 25.1 Å². The SMILES string of the molecule is COC1CCN(c2ccccc2[C@H](C)O)C1. The van der Waals surface area contributed by atoms with Crippen molar-refractivity contribution in [2.24, 2.45) is 0 Å². The highest BCUT2D eigenvalue weighted by Crippen LogP contribution is 2.29. The molecule has 1 fully saturated rings. The van der Waals surface area contributed by atoms with Gasteiger partial charge in [-0.05, 0) is 19.4 Å². The molecule has 0 amide bonds. The van der Waals surface area contributed by atoms with Crippen LogP contribution in [-0.2, 0) is 4.74 Å². The minimum absolute atomic E-state index is 0.321. The van der Waals surface area contributed by atoms with Gasteiger partial charge in [-0.3, -0.25) is 0 Å². The summed E-state index contributed by atoms with van der Waals surface area (Å²) in [6.07, 6.45) is 0.963. The predicted molar refractivity (Wildman–Crippen MR) is 64.7 cm³/mol. The normalized spacial score (nSPS) is 22.4. The molecule has 0 aliphatic carbocycles. The minimum Gasteiger partial charge on any atom is -0.389 e. The van der Waals surface area contributed by atoms with E-state index < -0.39 is 6.10 Å². The molecule has 1 aromatic rings. The Morgan fingerprint density at radius 2 is 2.19 bits per heavy atom. The lowest BCUT2D eigenvalue weighted by molar-refractivity contribution is 0.121. The second-order valence-corrected chi connectivity index (χ2v) is 4.33. The fourth-order valence-electron chi connectivity index (χ4n) is 2.27. The van der Waals surface area contributed by atoms with Crippen LogP contribution in [0.2, 0.25) is 0 Å². The molecule has 0 saturated carbocycles. The van der Waals surface area contributed by atoms with Gasteiger partial charge in [0.25, 0.3) is 0 Å². The van der Waals surface area contributed by atoms with Gasteiger partial charge in [0.2, 0.25) is 0 Å². The smallest absolute Gasteiger partial charge is 0.0781 e. The summed E-state index contributed by atoms with van der Waals surface area (Å²) in [7, 11) is 1.76. The van der Waals surface area contributed by atoms with Gasteiger partial charge in [0.05, 0.1) is 12.2 Å². The molecule has 0 bridgehead atoms. The fourth-order valence-corrected chi connectivity index (χ4v) is 2.27. The molecule has 2 rings (SSSR count). The van der Waals surface area contributed by atoms with E-state index in [1.807, 2.05) is 25.1 Å². The maximum atomic E-state index is 9.73. The summed E-state index contributed by atoms with van der Waals surface area (Å²) in [5.74, 6) is 0. The molecule has 2 atom stereocenters. The van der Waals surface area contributed by atoms with Crippen LogP contribution in [0.3, 0.4) is 0 Å². The standard InChI is InChI=1S/C13H19NO2/c1-10(15)12-5-3-4-6-13(12)14-8-7-11(9-14)16-2/h3-6,10-11,15H,7-9H2,1-2H3/t10-,11?/m0/s1. The third kappa shape index (κ3) is 2.20. The van der Waals surface area contributed by atoms with Gasteiger partial charge in [0.15, 0.2) is 0 Å². The number of aliphatic hydroxyl groups is 1. The van der Waals surface area contributed by atoms with Crippen molar-refractivity contribution in [3.05, 3.63) is 29.8 Å². The molecule has 1 aliphatic rings. The Labute approximate surface area is 96.6 Å². The lowest BCUT2D eigenvalue weighted by Crippen LogP contribution is -2.23. The monoisotopic (exact) mass is 221 g/mol. The van der Waals surface area contributed by atoms with Crippen molar-refractivity contribution >= 4 is 5.69 Å². The number of hydrogen-bond acceptors (Lipinski definition) is 3. The molecule has 1 saturated heterocycles. The highest BCUT2D eigenvalue weighted by Gasteiger charge is 2.24. The predicted octanol–water partition coefficient (Wildman–Crippen LogP) is 1.96. The Kier molecular flexibility index (Phi) is 3.46. The Hall–Kier alpha value is -1.06. The number of aliphatic hydroxyl groups excluding tert-OH is 1. The molecule has 1 N–H and O–H groups in total. The molecule has 1 heterocycles. The zero-order valence-electron chi connectivity index (χ0n) is 9.89. The quantitative estimate of drug-likeness (QED) is 0.847. The number of nitrogens with zero attached hydrogens (tertiary/aromatic N) is 1. The first-order chi connectivity index (χ1) is 7.72. The first kappa shape index (κ1) is 11.4. The van der Waals surface area contributed by atoms with E-state index in [4.69, 9.17) is 4.74 Å². The van der Waals surface area contributed by atoms with Gasteiger partial charge in [-0.1, -0.05) is 18.2 Å². The molecule has 0 spiro atoms. The largest absolute Gasteiger partial charge is 0.389 e. The minimum atomic E-state index is -0.419. The lowest BCUT2D eigenvalue weighted by atomic mass is 10.1. The zero-order chi connectivity index (χ0) is 11.5. The third-order valence-corrected chi connectivity index (χ3v) is 3.21. The lowest BCUT2D eigenvalue weighted by Gasteiger charge is -2.23. The number of anilines is 1. The summed E-state index contributed by atoms with van der Waals surface area (Å²) >= 11 is 0. The van der Waals surface area contributed by atoms with Gasteiger partial charge in [-0.25, -0.2) is 0 Å². The Morgan fingerprint density at radius 1 is 1.44 bits per heavy atom. The van der Waals surface area contributed by atoms with Crippen molar-refractivity contribution in [1.29, 1.82) is 0 Å². The molecular formula is C13H19NO2. The van der Waals surface area contributed by atoms with E-state index in [1.165, 1.54) is 0 Å². The van der Waals surface area contributed by atoms with Crippen molar-refractivity contribution in [3.63, 3.8) is 0 Å². The van der Waals surface area contributed by atoms with E-state index in [2.05, 4.69) is 11.0 Å². The zero-order valence-corrected chi connectivity index (χ0v) is 9.89. The summed E-state index contributed by atoms with van der Waals surface area (Å²) < 4.78 is 5.36. The van der Waals surface area contributed by atoms with Crippen molar-refractivity contribution < 1.29 is 9.84 Å². The van der Waals surface area contributed by atoms with E-state index in [0.29, 0.717) is 6.10 Å². The Bertz CT molecular complexity index is 352. The molecule has 3 heteroatoms. The van der Waals surface area contributed by atoms with Gasteiger partial charge in [0.1, 0.15) is 0 Å². The summed E-state index contributed by atoms with van der Waals surface area (Å²) in [6.45, 7) is 3.73. The van der Waals surface area contributed by atoms with E-state index in [9.17, 15) is 5.11 Å². The van der Waals surface area contributed by atoms with Crippen LogP contribution in [0.1, 0.15) is 25.0 Å². The topological polar surface area (TPSA) is 32.7 Å². The third-order valence-electron chi connectivity index (χ3n) is 3.21. The van der Waals surface area contributed by atoms with Crippen LogP contribution in [0.15, 0.2) is 24.3 Å². The molecule has 1 unspecified atom stereocenters. The van der Waals surface area contributed by atoms with Crippen LogP contribution in [0.25, 0.3) is 0 Å². The first-order valence-corrected chi connectivity index (χ1v) is 5.77. The van der Waals surface area contributed by atoms with Crippen molar-refractivity contribution in [1.82, 2.24) is 0 Å². The van der Waals surface area contributed by atoms with Crippen molar-refractivity contribution in [2.45, 2.75) is 25.6 Å². The van der Waals surface area contributed by atoms with E-state index in [0.717, 1.165) is 30.8 Å². The molecule has 0 aromatic heterocycles. The average molecular weight is 221 g/mol. The second kappa shape index (κ2) is 4.85. The molecule has 1 aliphatic heterocycles. The van der Waals surface area contributed by atoms with Gasteiger partial charge < -0.3 is 14.7 Å². The molecule has 16 heavy (non-hydrogen) atoms. The van der Waals surface area contributed by atoms with Gasteiger partial charge in [0, 0.05) is 31.5 Å². The number of para-hydroxylation sites is 1. The summed E-state index contributed by atoms with van der Waals surface area (Å²) in [5, 5.41) is 9.73. The van der Waals surface area contributed by atoms with Gasteiger partial charge >= 0.3 is 0 Å². The molecular weight excluding hydrogens is 202 g/mol. The summed E-state index contributed by atoms with van der Waals surface area (Å²) in [4.78, 5) is 2.29. The second-order valence-electron chi connectivity index (χ2n) is 4.33. The summed E-state index contributed by atoms with van der Waals surface area (Å²) in [5.41, 5.74) is 2.14. The average Bonchev–Trinajstić information content (AvgIpc) is 2.77. The molecule has 3 nitrogen and oxygen atoms in total. The number of hydrogen-bond donors (Lipinski definition) is 1.